The van der Waals surface area contributed by atoms with Gasteiger partial charge in [-0.25, -0.2) is 4.98 Å². The summed E-state index contributed by atoms with van der Waals surface area (Å²) in [7, 11) is 2.99. The van der Waals surface area contributed by atoms with Crippen molar-refractivity contribution in [3.63, 3.8) is 0 Å². The van der Waals surface area contributed by atoms with Crippen molar-refractivity contribution in [3.8, 4) is 16.9 Å². The first-order chi connectivity index (χ1) is 12.6. The topological polar surface area (TPSA) is 81.3 Å². The number of hydrogen-bond acceptors (Lipinski definition) is 7. The molecule has 2 aromatic heterocycles. The quantitative estimate of drug-likeness (QED) is 0.287. The maximum atomic E-state index is 12.6. The second-order valence-corrected chi connectivity index (χ2v) is 7.40. The van der Waals surface area contributed by atoms with Crippen LogP contribution in [0.25, 0.3) is 21.3 Å². The number of ether oxygens (including phenoxy) is 2. The first kappa shape index (κ1) is 18.5. The Morgan fingerprint density at radius 1 is 1.35 bits per heavy atom. The van der Waals surface area contributed by atoms with Gasteiger partial charge in [-0.1, -0.05) is 23.9 Å². The van der Waals surface area contributed by atoms with Gasteiger partial charge in [0.1, 0.15) is 10.6 Å². The number of benzene rings is 1. The van der Waals surface area contributed by atoms with Gasteiger partial charge in [0.15, 0.2) is 5.16 Å². The number of aromatic amines is 1. The number of fused-ring (bicyclic) bond motifs is 1. The van der Waals surface area contributed by atoms with Gasteiger partial charge in [0, 0.05) is 23.1 Å². The Kier molecular flexibility index (Phi) is 5.95. The molecule has 0 radical (unpaired) electrons. The molecule has 0 fully saturated rings. The van der Waals surface area contributed by atoms with E-state index < -0.39 is 0 Å². The molecule has 3 rings (SSSR count). The van der Waals surface area contributed by atoms with Gasteiger partial charge >= 0.3 is 5.97 Å². The van der Waals surface area contributed by atoms with Crippen LogP contribution < -0.4 is 10.3 Å². The molecular formula is C18H18N2O4S2. The third-order valence-electron chi connectivity index (χ3n) is 3.79. The maximum absolute atomic E-state index is 12.6. The first-order valence-electron chi connectivity index (χ1n) is 7.98. The van der Waals surface area contributed by atoms with E-state index in [2.05, 4.69) is 14.7 Å². The fourth-order valence-electron chi connectivity index (χ4n) is 2.49. The van der Waals surface area contributed by atoms with Gasteiger partial charge in [-0.05, 0) is 24.1 Å². The van der Waals surface area contributed by atoms with Crippen LogP contribution in [0.2, 0.25) is 0 Å². The van der Waals surface area contributed by atoms with Crippen molar-refractivity contribution in [2.75, 3.05) is 20.0 Å². The summed E-state index contributed by atoms with van der Waals surface area (Å²) in [6, 6.07) is 7.60. The molecule has 0 bridgehead atoms. The minimum absolute atomic E-state index is 0.162. The SMILES string of the molecule is COC(=O)CCCSc1nc2scc(-c3cccc(OC)c3)c2c(=O)[nH]1. The highest BCUT2D eigenvalue weighted by molar-refractivity contribution is 7.99. The van der Waals surface area contributed by atoms with Crippen molar-refractivity contribution in [1.82, 2.24) is 9.97 Å². The summed E-state index contributed by atoms with van der Waals surface area (Å²) in [5, 5.41) is 3.08. The molecule has 0 saturated heterocycles. The van der Waals surface area contributed by atoms with E-state index >= 15 is 0 Å². The standard InChI is InChI=1S/C18H18N2O4S2/c1-23-12-6-3-5-11(9-12)13-10-26-17-15(13)16(22)19-18(20-17)25-8-4-7-14(21)24-2/h3,5-6,9-10H,4,7-8H2,1-2H3,(H,19,20,22). The predicted molar refractivity (Wildman–Crippen MR) is 104 cm³/mol. The number of carbonyl (C=O) groups excluding carboxylic acids is 1. The average molecular weight is 390 g/mol. The third-order valence-corrected chi connectivity index (χ3v) is 5.63. The number of rotatable bonds is 7. The molecular weight excluding hydrogens is 372 g/mol. The van der Waals surface area contributed by atoms with Gasteiger partial charge in [0.25, 0.3) is 5.56 Å². The molecule has 0 aliphatic rings. The van der Waals surface area contributed by atoms with Crippen molar-refractivity contribution in [2.45, 2.75) is 18.0 Å². The molecule has 0 amide bonds. The fourth-order valence-corrected chi connectivity index (χ4v) is 4.30. The van der Waals surface area contributed by atoms with Gasteiger partial charge in [0.2, 0.25) is 0 Å². The monoisotopic (exact) mass is 390 g/mol. The number of methoxy groups -OCH3 is 2. The van der Waals surface area contributed by atoms with E-state index in [9.17, 15) is 9.59 Å². The molecule has 1 N–H and O–H groups in total. The van der Waals surface area contributed by atoms with Crippen LogP contribution in [0, 0.1) is 0 Å². The Hall–Kier alpha value is -2.32. The number of carbonyl (C=O) groups is 1. The molecule has 0 spiro atoms. The van der Waals surface area contributed by atoms with Crippen molar-refractivity contribution in [2.24, 2.45) is 0 Å². The summed E-state index contributed by atoms with van der Waals surface area (Å²) in [5.74, 6) is 1.19. The van der Waals surface area contributed by atoms with Crippen molar-refractivity contribution < 1.29 is 14.3 Å². The summed E-state index contributed by atoms with van der Waals surface area (Å²) in [6.45, 7) is 0. The van der Waals surface area contributed by atoms with Gasteiger partial charge in [-0.2, -0.15) is 0 Å². The highest BCUT2D eigenvalue weighted by Crippen LogP contribution is 2.33. The molecule has 0 atom stereocenters. The summed E-state index contributed by atoms with van der Waals surface area (Å²) < 4.78 is 9.87. The molecule has 2 heterocycles. The molecule has 8 heteroatoms. The van der Waals surface area contributed by atoms with Crippen LogP contribution in [-0.4, -0.2) is 35.9 Å². The number of nitrogens with zero attached hydrogens (tertiary/aromatic N) is 1. The van der Waals surface area contributed by atoms with Crippen LogP contribution in [0.3, 0.4) is 0 Å². The Morgan fingerprint density at radius 3 is 2.96 bits per heavy atom. The molecule has 0 aliphatic heterocycles. The first-order valence-corrected chi connectivity index (χ1v) is 9.84. The number of thiophene rings is 1. The summed E-state index contributed by atoms with van der Waals surface area (Å²) >= 11 is 2.86. The molecule has 0 unspecified atom stereocenters. The highest BCUT2D eigenvalue weighted by atomic mass is 32.2. The summed E-state index contributed by atoms with van der Waals surface area (Å²) in [6.07, 6.45) is 1.02. The molecule has 0 saturated carbocycles. The average Bonchev–Trinajstić information content (AvgIpc) is 3.09. The minimum atomic E-state index is -0.233. The second kappa shape index (κ2) is 8.37. The predicted octanol–water partition coefficient (Wildman–Crippen LogP) is 3.71. The van der Waals surface area contributed by atoms with E-state index in [4.69, 9.17) is 4.74 Å². The van der Waals surface area contributed by atoms with E-state index in [1.807, 2.05) is 29.6 Å². The lowest BCUT2D eigenvalue weighted by Gasteiger charge is -2.04. The largest absolute Gasteiger partial charge is 0.497 e. The molecule has 1 aromatic carbocycles. The van der Waals surface area contributed by atoms with E-state index in [0.29, 0.717) is 34.0 Å². The second-order valence-electron chi connectivity index (χ2n) is 5.46. The van der Waals surface area contributed by atoms with Crippen LogP contribution in [-0.2, 0) is 9.53 Å². The number of H-pyrrole nitrogens is 1. The normalized spacial score (nSPS) is 10.8. The number of hydrogen-bond donors (Lipinski definition) is 1. The zero-order chi connectivity index (χ0) is 18.5. The number of thioether (sulfide) groups is 1. The van der Waals surface area contributed by atoms with E-state index in [0.717, 1.165) is 16.9 Å². The third kappa shape index (κ3) is 4.08. The molecule has 0 aliphatic carbocycles. The van der Waals surface area contributed by atoms with Gasteiger partial charge in [0.05, 0.1) is 19.6 Å². The van der Waals surface area contributed by atoms with Crippen molar-refractivity contribution in [1.29, 1.82) is 0 Å². The van der Waals surface area contributed by atoms with Crippen LogP contribution in [0.1, 0.15) is 12.8 Å². The Labute approximate surface area is 158 Å². The van der Waals surface area contributed by atoms with Gasteiger partial charge in [-0.3, -0.25) is 9.59 Å². The Morgan fingerprint density at radius 2 is 2.19 bits per heavy atom. The zero-order valence-corrected chi connectivity index (χ0v) is 16.0. The Bertz CT molecular complexity index is 981. The van der Waals surface area contributed by atoms with E-state index in [1.54, 1.807) is 7.11 Å². The summed E-state index contributed by atoms with van der Waals surface area (Å²) in [5.41, 5.74) is 1.60. The highest BCUT2D eigenvalue weighted by Gasteiger charge is 2.13. The lowest BCUT2D eigenvalue weighted by Crippen LogP contribution is -2.09. The molecule has 26 heavy (non-hydrogen) atoms. The zero-order valence-electron chi connectivity index (χ0n) is 14.4. The van der Waals surface area contributed by atoms with Crippen molar-refractivity contribution >= 4 is 39.3 Å². The fraction of sp³-hybridized carbons (Fsp3) is 0.278. The van der Waals surface area contributed by atoms with Crippen LogP contribution in [0.5, 0.6) is 5.75 Å². The number of aromatic nitrogens is 2. The lowest BCUT2D eigenvalue weighted by atomic mass is 10.1. The Balaban J connectivity index is 1.82. The van der Waals surface area contributed by atoms with Crippen LogP contribution in [0.4, 0.5) is 0 Å². The van der Waals surface area contributed by atoms with E-state index in [-0.39, 0.29) is 11.5 Å². The van der Waals surface area contributed by atoms with E-state index in [1.165, 1.54) is 30.2 Å². The molecule has 136 valence electrons. The maximum Gasteiger partial charge on any atom is 0.305 e. The minimum Gasteiger partial charge on any atom is -0.497 e. The number of esters is 1. The summed E-state index contributed by atoms with van der Waals surface area (Å²) in [4.78, 5) is 31.8. The lowest BCUT2D eigenvalue weighted by molar-refractivity contribution is -0.140. The molecule has 6 nitrogen and oxygen atoms in total. The van der Waals surface area contributed by atoms with Crippen molar-refractivity contribution in [3.05, 3.63) is 40.0 Å². The van der Waals surface area contributed by atoms with Gasteiger partial charge in [-0.15, -0.1) is 11.3 Å². The molecule has 3 aromatic rings. The van der Waals surface area contributed by atoms with Gasteiger partial charge < -0.3 is 14.5 Å². The number of nitrogens with one attached hydrogen (secondary N) is 1. The smallest absolute Gasteiger partial charge is 0.305 e. The van der Waals surface area contributed by atoms with Crippen LogP contribution >= 0.6 is 23.1 Å². The van der Waals surface area contributed by atoms with Crippen LogP contribution in [0.15, 0.2) is 39.6 Å².